The normalized spacial score (nSPS) is 10.8. The van der Waals surface area contributed by atoms with Gasteiger partial charge in [-0.3, -0.25) is 0 Å². The SMILES string of the molecule is [CH2]CCCC[CH]CC(C)C. The van der Waals surface area contributed by atoms with Gasteiger partial charge >= 0.3 is 0 Å². The van der Waals surface area contributed by atoms with Crippen LogP contribution in [0.25, 0.3) is 0 Å². The topological polar surface area (TPSA) is 0 Å². The van der Waals surface area contributed by atoms with Gasteiger partial charge in [-0.15, -0.1) is 0 Å². The Hall–Kier alpha value is 0. The van der Waals surface area contributed by atoms with Gasteiger partial charge in [-0.1, -0.05) is 46.5 Å². The molecule has 0 aromatic rings. The fourth-order valence-electron chi connectivity index (χ4n) is 0.917. The number of hydrogen-bond donors (Lipinski definition) is 0. The van der Waals surface area contributed by atoms with E-state index < -0.39 is 0 Å². The molecule has 0 bridgehead atoms. The molecule has 0 heterocycles. The van der Waals surface area contributed by atoms with Crippen molar-refractivity contribution in [3.05, 3.63) is 13.3 Å². The highest BCUT2D eigenvalue weighted by atomic mass is 14.0. The van der Waals surface area contributed by atoms with Crippen LogP contribution in [-0.4, -0.2) is 0 Å². The molecule has 60 valence electrons. The molecule has 0 unspecified atom stereocenters. The molecule has 0 aliphatic heterocycles. The predicted molar refractivity (Wildman–Crippen MR) is 47.6 cm³/mol. The number of rotatable bonds is 6. The summed E-state index contributed by atoms with van der Waals surface area (Å²) < 4.78 is 0. The van der Waals surface area contributed by atoms with Crippen LogP contribution in [0.1, 0.15) is 46.0 Å². The van der Waals surface area contributed by atoms with Crippen LogP contribution in [0.2, 0.25) is 0 Å². The highest BCUT2D eigenvalue weighted by molar-refractivity contribution is 4.66. The van der Waals surface area contributed by atoms with E-state index in [0.29, 0.717) is 0 Å². The van der Waals surface area contributed by atoms with Crippen molar-refractivity contribution in [2.45, 2.75) is 46.0 Å². The molecule has 0 spiro atoms. The van der Waals surface area contributed by atoms with Gasteiger partial charge in [0.05, 0.1) is 0 Å². The van der Waals surface area contributed by atoms with Gasteiger partial charge in [0, 0.05) is 0 Å². The van der Waals surface area contributed by atoms with Gasteiger partial charge in [0.1, 0.15) is 0 Å². The zero-order chi connectivity index (χ0) is 7.82. The van der Waals surface area contributed by atoms with E-state index in [0.717, 1.165) is 12.3 Å². The zero-order valence-corrected chi connectivity index (χ0v) is 7.40. The van der Waals surface area contributed by atoms with E-state index in [4.69, 9.17) is 0 Å². The van der Waals surface area contributed by atoms with Crippen LogP contribution in [0.4, 0.5) is 0 Å². The summed E-state index contributed by atoms with van der Waals surface area (Å²) >= 11 is 0. The van der Waals surface area contributed by atoms with Crippen molar-refractivity contribution in [3.63, 3.8) is 0 Å². The van der Waals surface area contributed by atoms with Crippen LogP contribution in [0.5, 0.6) is 0 Å². The minimum absolute atomic E-state index is 0.833. The van der Waals surface area contributed by atoms with E-state index >= 15 is 0 Å². The molecular formula is C10H20. The van der Waals surface area contributed by atoms with Crippen molar-refractivity contribution in [2.75, 3.05) is 0 Å². The molecule has 0 saturated carbocycles. The molecule has 0 fully saturated rings. The molecule has 0 saturated heterocycles. The Morgan fingerprint density at radius 1 is 1.30 bits per heavy atom. The monoisotopic (exact) mass is 140 g/mol. The smallest absolute Gasteiger partial charge is 0.0383 e. The van der Waals surface area contributed by atoms with E-state index in [2.05, 4.69) is 27.2 Å². The standard InChI is InChI=1S/C10H20/c1-4-5-6-7-8-9-10(2)3/h8,10H,1,4-7,9H2,2-3H3. The minimum atomic E-state index is 0.833. The molecule has 0 aromatic carbocycles. The Balaban J connectivity index is 2.77. The highest BCUT2D eigenvalue weighted by Crippen LogP contribution is 2.08. The Bertz CT molecular complexity index is 55.1. The lowest BCUT2D eigenvalue weighted by atomic mass is 10.0. The lowest BCUT2D eigenvalue weighted by Crippen LogP contribution is -1.87. The molecule has 2 radical (unpaired) electrons. The molecule has 0 rings (SSSR count). The Morgan fingerprint density at radius 3 is 2.50 bits per heavy atom. The molecular weight excluding hydrogens is 120 g/mol. The summed E-state index contributed by atoms with van der Waals surface area (Å²) in [5, 5.41) is 0. The molecule has 0 atom stereocenters. The minimum Gasteiger partial charge on any atom is -0.0628 e. The lowest BCUT2D eigenvalue weighted by molar-refractivity contribution is 0.604. The van der Waals surface area contributed by atoms with Gasteiger partial charge < -0.3 is 0 Å². The number of unbranched alkanes of at least 4 members (excludes halogenated alkanes) is 4. The fourth-order valence-corrected chi connectivity index (χ4v) is 0.917. The van der Waals surface area contributed by atoms with Gasteiger partial charge in [-0.2, -0.15) is 0 Å². The summed E-state index contributed by atoms with van der Waals surface area (Å²) in [6.45, 7) is 8.33. The van der Waals surface area contributed by atoms with Crippen LogP contribution in [0, 0.1) is 19.3 Å². The number of hydrogen-bond acceptors (Lipinski definition) is 0. The molecule has 0 aliphatic carbocycles. The molecule has 10 heavy (non-hydrogen) atoms. The average Bonchev–Trinajstić information content (AvgIpc) is 1.87. The lowest BCUT2D eigenvalue weighted by Gasteiger charge is -2.02. The second-order valence-electron chi connectivity index (χ2n) is 3.27. The fraction of sp³-hybridized carbons (Fsp3) is 0.800. The maximum atomic E-state index is 3.80. The van der Waals surface area contributed by atoms with Gasteiger partial charge in [-0.25, -0.2) is 0 Å². The summed E-state index contributed by atoms with van der Waals surface area (Å²) in [6.07, 6.45) is 8.67. The molecule has 0 aromatic heterocycles. The Labute approximate surface area is 66.0 Å². The van der Waals surface area contributed by atoms with Crippen molar-refractivity contribution >= 4 is 0 Å². The van der Waals surface area contributed by atoms with Crippen LogP contribution < -0.4 is 0 Å². The third kappa shape index (κ3) is 8.00. The summed E-state index contributed by atoms with van der Waals surface area (Å²) in [4.78, 5) is 0. The van der Waals surface area contributed by atoms with Gasteiger partial charge in [-0.05, 0) is 18.8 Å². The van der Waals surface area contributed by atoms with E-state index in [1.165, 1.54) is 25.7 Å². The summed E-state index contributed by atoms with van der Waals surface area (Å²) in [6, 6.07) is 0. The van der Waals surface area contributed by atoms with Crippen LogP contribution in [0.3, 0.4) is 0 Å². The second kappa shape index (κ2) is 7.11. The van der Waals surface area contributed by atoms with Crippen molar-refractivity contribution < 1.29 is 0 Å². The molecule has 0 N–H and O–H groups in total. The van der Waals surface area contributed by atoms with Crippen molar-refractivity contribution in [2.24, 2.45) is 5.92 Å². The quantitative estimate of drug-likeness (QED) is 0.494. The summed E-state index contributed by atoms with van der Waals surface area (Å²) in [5.74, 6) is 0.833. The first kappa shape index (κ1) is 10.0. The first-order valence-corrected chi connectivity index (χ1v) is 4.38. The average molecular weight is 140 g/mol. The van der Waals surface area contributed by atoms with E-state index in [9.17, 15) is 0 Å². The highest BCUT2D eigenvalue weighted by Gasteiger charge is 1.93. The Kier molecular flexibility index (Phi) is 7.11. The molecule has 0 nitrogen and oxygen atoms in total. The van der Waals surface area contributed by atoms with E-state index in [1.54, 1.807) is 0 Å². The largest absolute Gasteiger partial charge is 0.0628 e. The third-order valence-electron chi connectivity index (χ3n) is 1.55. The summed E-state index contributed by atoms with van der Waals surface area (Å²) in [5.41, 5.74) is 0. The van der Waals surface area contributed by atoms with Crippen molar-refractivity contribution in [3.8, 4) is 0 Å². The van der Waals surface area contributed by atoms with Crippen molar-refractivity contribution in [1.29, 1.82) is 0 Å². The maximum Gasteiger partial charge on any atom is -0.0383 e. The van der Waals surface area contributed by atoms with Gasteiger partial charge in [0.15, 0.2) is 0 Å². The summed E-state index contributed by atoms with van der Waals surface area (Å²) in [7, 11) is 0. The second-order valence-corrected chi connectivity index (χ2v) is 3.27. The van der Waals surface area contributed by atoms with Crippen molar-refractivity contribution in [1.82, 2.24) is 0 Å². The van der Waals surface area contributed by atoms with E-state index in [-0.39, 0.29) is 0 Å². The third-order valence-corrected chi connectivity index (χ3v) is 1.55. The first-order chi connectivity index (χ1) is 4.77. The molecule has 0 amide bonds. The van der Waals surface area contributed by atoms with Gasteiger partial charge in [0.25, 0.3) is 0 Å². The predicted octanol–water partition coefficient (Wildman–Crippen LogP) is 3.63. The zero-order valence-electron chi connectivity index (χ0n) is 7.40. The maximum absolute atomic E-state index is 3.80. The van der Waals surface area contributed by atoms with Crippen LogP contribution >= 0.6 is 0 Å². The van der Waals surface area contributed by atoms with Crippen LogP contribution in [0.15, 0.2) is 0 Å². The molecule has 0 aliphatic rings. The van der Waals surface area contributed by atoms with Gasteiger partial charge in [0.2, 0.25) is 0 Å². The van der Waals surface area contributed by atoms with E-state index in [1.807, 2.05) is 0 Å². The first-order valence-electron chi connectivity index (χ1n) is 4.38. The Morgan fingerprint density at radius 2 is 2.00 bits per heavy atom. The molecule has 0 heteroatoms. The van der Waals surface area contributed by atoms with Crippen LogP contribution in [-0.2, 0) is 0 Å².